The third kappa shape index (κ3) is 3.38. The highest BCUT2D eigenvalue weighted by Crippen LogP contribution is 2.33. The van der Waals surface area contributed by atoms with E-state index in [2.05, 4.69) is 20.9 Å². The molecular weight excluding hydrogens is 444 g/mol. The summed E-state index contributed by atoms with van der Waals surface area (Å²) in [7, 11) is 0. The lowest BCUT2D eigenvalue weighted by Crippen LogP contribution is -2.37. The van der Waals surface area contributed by atoms with Crippen LogP contribution in [0.5, 0.6) is 0 Å². The summed E-state index contributed by atoms with van der Waals surface area (Å²) in [5.41, 5.74) is 3.16. The maximum absolute atomic E-state index is 13.1. The van der Waals surface area contributed by atoms with Gasteiger partial charge in [-0.2, -0.15) is 5.26 Å². The lowest BCUT2D eigenvalue weighted by Gasteiger charge is -2.32. The first kappa shape index (κ1) is 20.9. The summed E-state index contributed by atoms with van der Waals surface area (Å²) in [6.45, 7) is 3.06. The molecule has 1 aromatic carbocycles. The SMILES string of the molecule is N#Cc1cc2c(=O)c(C(=O)O)cn(-c3ccc(N4CCC4)nc3)c2cc1N1Cc2cccnc2C1. The van der Waals surface area contributed by atoms with Gasteiger partial charge in [0.25, 0.3) is 0 Å². The van der Waals surface area contributed by atoms with Gasteiger partial charge in [0.05, 0.1) is 40.9 Å². The molecule has 3 aromatic heterocycles. The van der Waals surface area contributed by atoms with Crippen LogP contribution in [0.15, 0.2) is 59.8 Å². The van der Waals surface area contributed by atoms with Crippen LogP contribution in [-0.2, 0) is 13.1 Å². The fourth-order valence-electron chi connectivity index (χ4n) is 4.70. The average molecular weight is 464 g/mol. The Balaban J connectivity index is 1.54. The lowest BCUT2D eigenvalue weighted by molar-refractivity contribution is 0.0695. The molecular formula is C26H20N6O3. The minimum Gasteiger partial charge on any atom is -0.477 e. The van der Waals surface area contributed by atoms with Crippen LogP contribution in [0.25, 0.3) is 16.6 Å². The zero-order chi connectivity index (χ0) is 24.1. The Kier molecular flexibility index (Phi) is 4.74. The number of aromatic carboxylic acids is 1. The third-order valence-corrected chi connectivity index (χ3v) is 6.69. The Bertz CT molecular complexity index is 1570. The summed E-state index contributed by atoms with van der Waals surface area (Å²) < 4.78 is 1.67. The molecule has 6 rings (SSSR count). The predicted octanol–water partition coefficient (Wildman–Crippen LogP) is 3.08. The molecule has 1 N–H and O–H groups in total. The maximum Gasteiger partial charge on any atom is 0.341 e. The molecule has 5 heterocycles. The largest absolute Gasteiger partial charge is 0.477 e. The highest BCUT2D eigenvalue weighted by Gasteiger charge is 2.25. The van der Waals surface area contributed by atoms with Gasteiger partial charge in [-0.1, -0.05) is 6.07 Å². The van der Waals surface area contributed by atoms with Crippen LogP contribution in [0.4, 0.5) is 11.5 Å². The number of pyridine rings is 3. The topological polar surface area (TPSA) is 115 Å². The van der Waals surface area contributed by atoms with Gasteiger partial charge in [0, 0.05) is 37.4 Å². The van der Waals surface area contributed by atoms with Crippen molar-refractivity contribution in [3.63, 3.8) is 0 Å². The van der Waals surface area contributed by atoms with Crippen LogP contribution in [-0.4, -0.2) is 38.7 Å². The standard InChI is InChI=1S/C26H20N6O3/c27-11-17-9-19-23(10-22(17)31-13-16-3-1-6-28-21(16)15-31)32(14-20(25(19)33)26(34)35)18-4-5-24(29-12-18)30-7-2-8-30/h1,3-6,9-10,12,14H,2,7-8,13,15H2,(H,34,35). The summed E-state index contributed by atoms with van der Waals surface area (Å²) in [5, 5.41) is 19.8. The first-order chi connectivity index (χ1) is 17.0. The van der Waals surface area contributed by atoms with E-state index in [0.717, 1.165) is 36.6 Å². The second-order valence-corrected chi connectivity index (χ2v) is 8.73. The third-order valence-electron chi connectivity index (χ3n) is 6.69. The molecule has 35 heavy (non-hydrogen) atoms. The van der Waals surface area contributed by atoms with E-state index in [1.807, 2.05) is 29.2 Å². The van der Waals surface area contributed by atoms with E-state index in [1.54, 1.807) is 23.0 Å². The Hall–Kier alpha value is -4.71. The number of carboxylic acid groups (broad SMARTS) is 1. The van der Waals surface area contributed by atoms with E-state index >= 15 is 0 Å². The zero-order valence-electron chi connectivity index (χ0n) is 18.7. The smallest absolute Gasteiger partial charge is 0.341 e. The molecule has 172 valence electrons. The monoisotopic (exact) mass is 464 g/mol. The van der Waals surface area contributed by atoms with Crippen LogP contribution in [0, 0.1) is 11.3 Å². The van der Waals surface area contributed by atoms with E-state index in [4.69, 9.17) is 0 Å². The minimum atomic E-state index is -1.32. The van der Waals surface area contributed by atoms with Gasteiger partial charge in [0.1, 0.15) is 17.5 Å². The average Bonchev–Trinajstić information content (AvgIpc) is 3.27. The first-order valence-electron chi connectivity index (χ1n) is 11.3. The quantitative estimate of drug-likeness (QED) is 0.490. The zero-order valence-corrected chi connectivity index (χ0v) is 18.7. The number of hydrogen-bond donors (Lipinski definition) is 1. The number of hydrogen-bond acceptors (Lipinski definition) is 7. The van der Waals surface area contributed by atoms with Gasteiger partial charge in [0.15, 0.2) is 0 Å². The van der Waals surface area contributed by atoms with Crippen molar-refractivity contribution in [1.29, 1.82) is 5.26 Å². The molecule has 9 heteroatoms. The van der Waals surface area contributed by atoms with Gasteiger partial charge in [-0.05, 0) is 42.3 Å². The summed E-state index contributed by atoms with van der Waals surface area (Å²) in [4.78, 5) is 38.1. The Morgan fingerprint density at radius 2 is 1.94 bits per heavy atom. The van der Waals surface area contributed by atoms with E-state index in [9.17, 15) is 20.0 Å². The van der Waals surface area contributed by atoms with Crippen molar-refractivity contribution in [3.05, 3.63) is 87.6 Å². The number of nitrogens with zero attached hydrogens (tertiary/aromatic N) is 6. The van der Waals surface area contributed by atoms with Gasteiger partial charge in [-0.25, -0.2) is 9.78 Å². The fourth-order valence-corrected chi connectivity index (χ4v) is 4.70. The van der Waals surface area contributed by atoms with Crippen molar-refractivity contribution in [3.8, 4) is 11.8 Å². The molecule has 1 fully saturated rings. The van der Waals surface area contributed by atoms with Gasteiger partial charge in [0.2, 0.25) is 5.43 Å². The molecule has 0 amide bonds. The second-order valence-electron chi connectivity index (χ2n) is 8.73. The molecule has 0 atom stereocenters. The fraction of sp³-hybridized carbons (Fsp3) is 0.192. The molecule has 0 spiro atoms. The Morgan fingerprint density at radius 1 is 1.09 bits per heavy atom. The number of anilines is 2. The molecule has 2 aliphatic heterocycles. The van der Waals surface area contributed by atoms with Gasteiger partial charge in [-0.3, -0.25) is 9.78 Å². The van der Waals surface area contributed by atoms with Gasteiger partial charge >= 0.3 is 5.97 Å². The highest BCUT2D eigenvalue weighted by molar-refractivity contribution is 5.95. The molecule has 9 nitrogen and oxygen atoms in total. The molecule has 0 saturated carbocycles. The van der Waals surface area contributed by atoms with Crippen molar-refractivity contribution in [2.45, 2.75) is 19.5 Å². The van der Waals surface area contributed by atoms with Crippen molar-refractivity contribution in [1.82, 2.24) is 14.5 Å². The summed E-state index contributed by atoms with van der Waals surface area (Å²) >= 11 is 0. The van der Waals surface area contributed by atoms with E-state index in [0.29, 0.717) is 35.5 Å². The van der Waals surface area contributed by atoms with Crippen molar-refractivity contribution < 1.29 is 9.90 Å². The van der Waals surface area contributed by atoms with Gasteiger partial charge in [-0.15, -0.1) is 0 Å². The minimum absolute atomic E-state index is 0.173. The Labute approximate surface area is 200 Å². The summed E-state index contributed by atoms with van der Waals surface area (Å²) in [6.07, 6.45) is 5.89. The first-order valence-corrected chi connectivity index (χ1v) is 11.3. The van der Waals surface area contributed by atoms with Crippen molar-refractivity contribution >= 4 is 28.4 Å². The van der Waals surface area contributed by atoms with Gasteiger partial charge < -0.3 is 19.5 Å². The number of carboxylic acids is 1. The number of fused-ring (bicyclic) bond motifs is 2. The normalized spacial score (nSPS) is 14.5. The maximum atomic E-state index is 13.1. The Morgan fingerprint density at radius 3 is 2.60 bits per heavy atom. The van der Waals surface area contributed by atoms with E-state index in [1.165, 1.54) is 12.3 Å². The lowest BCUT2D eigenvalue weighted by atomic mass is 10.1. The number of rotatable bonds is 4. The van der Waals surface area contributed by atoms with Crippen LogP contribution in [0.3, 0.4) is 0 Å². The van der Waals surface area contributed by atoms with Crippen LogP contribution < -0.4 is 15.2 Å². The van der Waals surface area contributed by atoms with E-state index < -0.39 is 11.4 Å². The molecule has 0 aliphatic carbocycles. The predicted molar refractivity (Wildman–Crippen MR) is 130 cm³/mol. The van der Waals surface area contributed by atoms with E-state index in [-0.39, 0.29) is 10.9 Å². The molecule has 0 bridgehead atoms. The van der Waals surface area contributed by atoms with Crippen LogP contribution in [0.1, 0.15) is 33.6 Å². The number of benzene rings is 1. The second kappa shape index (κ2) is 7.95. The number of carbonyl (C=O) groups is 1. The van der Waals surface area contributed by atoms with Crippen LogP contribution >= 0.6 is 0 Å². The van der Waals surface area contributed by atoms with Crippen molar-refractivity contribution in [2.24, 2.45) is 0 Å². The summed E-state index contributed by atoms with van der Waals surface area (Å²) in [5.74, 6) is -0.460. The number of nitriles is 1. The molecule has 1 saturated heterocycles. The number of aromatic nitrogens is 3. The summed E-state index contributed by atoms with van der Waals surface area (Å²) in [6, 6.07) is 13.1. The molecule has 2 aliphatic rings. The molecule has 0 unspecified atom stereocenters. The van der Waals surface area contributed by atoms with Crippen molar-refractivity contribution in [2.75, 3.05) is 22.9 Å². The highest BCUT2D eigenvalue weighted by atomic mass is 16.4. The molecule has 0 radical (unpaired) electrons. The molecule has 4 aromatic rings. The van der Waals surface area contributed by atoms with Crippen LogP contribution in [0.2, 0.25) is 0 Å².